The molecule has 0 radical (unpaired) electrons. The number of aliphatic hydroxyl groups is 1. The van der Waals surface area contributed by atoms with Crippen molar-refractivity contribution in [3.8, 4) is 0 Å². The molecule has 0 unspecified atom stereocenters. The number of anilines is 3. The first-order valence-corrected chi connectivity index (χ1v) is 7.17. The number of hydrogen-bond acceptors (Lipinski definition) is 5. The highest BCUT2D eigenvalue weighted by molar-refractivity contribution is 7.15. The predicted octanol–water partition coefficient (Wildman–Crippen LogP) is 2.53. The first-order valence-electron chi connectivity index (χ1n) is 6.35. The van der Waals surface area contributed by atoms with Crippen LogP contribution in [0, 0.1) is 6.92 Å². The molecule has 0 aliphatic carbocycles. The molecule has 0 spiro atoms. The Bertz CT molecular complexity index is 596. The number of aryl methyl sites for hydroxylation is 1. The maximum atomic E-state index is 9.31. The molecule has 0 saturated carbocycles. The molecule has 1 aliphatic rings. The summed E-state index contributed by atoms with van der Waals surface area (Å²) in [6.07, 6.45) is 0. The molecule has 1 aromatic carbocycles. The third kappa shape index (κ3) is 2.09. The fourth-order valence-electron chi connectivity index (χ4n) is 2.38. The maximum absolute atomic E-state index is 9.31. The Morgan fingerprint density at radius 3 is 2.68 bits per heavy atom. The molecule has 1 N–H and O–H groups in total. The molecule has 4 nitrogen and oxygen atoms in total. The average molecular weight is 275 g/mol. The molecule has 0 atom stereocenters. The molecule has 0 fully saturated rings. The lowest BCUT2D eigenvalue weighted by Crippen LogP contribution is -2.36. The van der Waals surface area contributed by atoms with E-state index in [-0.39, 0.29) is 6.61 Å². The quantitative estimate of drug-likeness (QED) is 0.914. The van der Waals surface area contributed by atoms with Gasteiger partial charge in [-0.05, 0) is 19.1 Å². The zero-order valence-corrected chi connectivity index (χ0v) is 11.9. The summed E-state index contributed by atoms with van der Waals surface area (Å²) in [5.41, 5.74) is 3.35. The number of nitrogens with zero attached hydrogens (tertiary/aromatic N) is 3. The third-order valence-corrected chi connectivity index (χ3v) is 4.66. The van der Waals surface area contributed by atoms with Gasteiger partial charge in [-0.1, -0.05) is 23.5 Å². The fourth-order valence-corrected chi connectivity index (χ4v) is 3.34. The van der Waals surface area contributed by atoms with Crippen molar-refractivity contribution in [2.75, 3.05) is 29.9 Å². The molecular weight excluding hydrogens is 258 g/mol. The van der Waals surface area contributed by atoms with E-state index >= 15 is 0 Å². The number of rotatable bonds is 2. The molecule has 2 aromatic rings. The summed E-state index contributed by atoms with van der Waals surface area (Å²) in [5, 5.41) is 10.3. The van der Waals surface area contributed by atoms with Gasteiger partial charge < -0.3 is 14.9 Å². The maximum Gasteiger partial charge on any atom is 0.190 e. The Kier molecular flexibility index (Phi) is 3.16. The van der Waals surface area contributed by atoms with Gasteiger partial charge in [0.05, 0.1) is 28.6 Å². The summed E-state index contributed by atoms with van der Waals surface area (Å²) in [6, 6.07) is 8.37. The summed E-state index contributed by atoms with van der Waals surface area (Å²) in [4.78, 5) is 10.1. The lowest BCUT2D eigenvalue weighted by atomic mass is 10.2. The number of hydrogen-bond donors (Lipinski definition) is 1. The standard InChI is InChI=1S/C14H17N3OS/c1-10-13(9-18)19-14(15-10)17-8-7-16(2)11-5-3-4-6-12(11)17/h3-6,18H,7-9H2,1-2H3. The van der Waals surface area contributed by atoms with Crippen LogP contribution in [0.25, 0.3) is 0 Å². The van der Waals surface area contributed by atoms with E-state index in [4.69, 9.17) is 0 Å². The number of likely N-dealkylation sites (N-methyl/N-ethyl adjacent to an activating group) is 1. The highest BCUT2D eigenvalue weighted by Crippen LogP contribution is 2.39. The van der Waals surface area contributed by atoms with Crippen molar-refractivity contribution in [1.29, 1.82) is 0 Å². The van der Waals surface area contributed by atoms with E-state index in [1.165, 1.54) is 11.4 Å². The van der Waals surface area contributed by atoms with Gasteiger partial charge in [-0.15, -0.1) is 0 Å². The Labute approximate surface area is 116 Å². The average Bonchev–Trinajstić information content (AvgIpc) is 2.80. The topological polar surface area (TPSA) is 39.6 Å². The lowest BCUT2D eigenvalue weighted by molar-refractivity contribution is 0.284. The minimum absolute atomic E-state index is 0.0683. The van der Waals surface area contributed by atoms with Crippen LogP contribution in [0.5, 0.6) is 0 Å². The van der Waals surface area contributed by atoms with Crippen molar-refractivity contribution < 1.29 is 5.11 Å². The lowest BCUT2D eigenvalue weighted by Gasteiger charge is -2.35. The number of benzene rings is 1. The number of para-hydroxylation sites is 2. The molecule has 19 heavy (non-hydrogen) atoms. The Hall–Kier alpha value is -1.59. The number of aromatic nitrogens is 1. The van der Waals surface area contributed by atoms with Crippen LogP contribution in [0.1, 0.15) is 10.6 Å². The minimum atomic E-state index is 0.0683. The predicted molar refractivity (Wildman–Crippen MR) is 79.5 cm³/mol. The minimum Gasteiger partial charge on any atom is -0.391 e. The van der Waals surface area contributed by atoms with Crippen LogP contribution in [0.4, 0.5) is 16.5 Å². The van der Waals surface area contributed by atoms with Gasteiger partial charge in [0.15, 0.2) is 5.13 Å². The van der Waals surface area contributed by atoms with E-state index in [1.54, 1.807) is 11.3 Å². The SMILES string of the molecule is Cc1nc(N2CCN(C)c3ccccc32)sc1CO. The van der Waals surface area contributed by atoms with E-state index < -0.39 is 0 Å². The molecule has 5 heteroatoms. The van der Waals surface area contributed by atoms with Crippen LogP contribution in [-0.2, 0) is 6.61 Å². The third-order valence-electron chi connectivity index (χ3n) is 3.50. The Morgan fingerprint density at radius 2 is 2.00 bits per heavy atom. The van der Waals surface area contributed by atoms with Gasteiger partial charge in [0.25, 0.3) is 0 Å². The van der Waals surface area contributed by atoms with Crippen molar-refractivity contribution in [1.82, 2.24) is 4.98 Å². The van der Waals surface area contributed by atoms with Crippen molar-refractivity contribution >= 4 is 27.8 Å². The molecule has 0 bridgehead atoms. The summed E-state index contributed by atoms with van der Waals surface area (Å²) in [7, 11) is 2.11. The van der Waals surface area contributed by atoms with E-state index in [2.05, 4.69) is 46.1 Å². The summed E-state index contributed by atoms with van der Waals surface area (Å²) >= 11 is 1.58. The molecule has 3 rings (SSSR count). The Balaban J connectivity index is 2.04. The van der Waals surface area contributed by atoms with Crippen LogP contribution in [0.15, 0.2) is 24.3 Å². The van der Waals surface area contributed by atoms with Gasteiger partial charge in [0.2, 0.25) is 0 Å². The second-order valence-corrected chi connectivity index (χ2v) is 5.79. The van der Waals surface area contributed by atoms with Crippen LogP contribution < -0.4 is 9.80 Å². The van der Waals surface area contributed by atoms with E-state index in [9.17, 15) is 5.11 Å². The molecular formula is C14H17N3OS. The molecule has 1 aromatic heterocycles. The first-order chi connectivity index (χ1) is 9.20. The zero-order valence-electron chi connectivity index (χ0n) is 11.1. The van der Waals surface area contributed by atoms with E-state index in [1.807, 2.05) is 6.92 Å². The van der Waals surface area contributed by atoms with Crippen molar-refractivity contribution in [2.45, 2.75) is 13.5 Å². The first kappa shape index (κ1) is 12.4. The van der Waals surface area contributed by atoms with Crippen molar-refractivity contribution in [3.63, 3.8) is 0 Å². The summed E-state index contributed by atoms with van der Waals surface area (Å²) < 4.78 is 0. The van der Waals surface area contributed by atoms with Gasteiger partial charge >= 0.3 is 0 Å². The highest BCUT2D eigenvalue weighted by Gasteiger charge is 2.23. The Morgan fingerprint density at radius 1 is 1.26 bits per heavy atom. The normalized spacial score (nSPS) is 14.7. The zero-order chi connectivity index (χ0) is 13.4. The van der Waals surface area contributed by atoms with Gasteiger partial charge in [0, 0.05) is 20.1 Å². The molecule has 100 valence electrons. The van der Waals surface area contributed by atoms with Crippen molar-refractivity contribution in [2.24, 2.45) is 0 Å². The van der Waals surface area contributed by atoms with Gasteiger partial charge in [-0.3, -0.25) is 0 Å². The number of fused-ring (bicyclic) bond motifs is 1. The monoisotopic (exact) mass is 275 g/mol. The van der Waals surface area contributed by atoms with E-state index in [0.717, 1.165) is 28.8 Å². The second kappa shape index (κ2) is 4.83. The van der Waals surface area contributed by atoms with Gasteiger partial charge in [-0.2, -0.15) is 0 Å². The number of thiazole rings is 1. The van der Waals surface area contributed by atoms with Crippen LogP contribution in [-0.4, -0.2) is 30.2 Å². The number of aliphatic hydroxyl groups excluding tert-OH is 1. The highest BCUT2D eigenvalue weighted by atomic mass is 32.1. The van der Waals surface area contributed by atoms with Crippen LogP contribution >= 0.6 is 11.3 Å². The largest absolute Gasteiger partial charge is 0.391 e. The van der Waals surface area contributed by atoms with E-state index in [0.29, 0.717) is 0 Å². The summed E-state index contributed by atoms with van der Waals surface area (Å²) in [5.74, 6) is 0. The van der Waals surface area contributed by atoms with Crippen molar-refractivity contribution in [3.05, 3.63) is 34.8 Å². The smallest absolute Gasteiger partial charge is 0.190 e. The molecule has 0 saturated heterocycles. The summed E-state index contributed by atoms with van der Waals surface area (Å²) in [6.45, 7) is 3.92. The second-order valence-electron chi connectivity index (χ2n) is 4.73. The van der Waals surface area contributed by atoms with Gasteiger partial charge in [-0.25, -0.2) is 4.98 Å². The fraction of sp³-hybridized carbons (Fsp3) is 0.357. The molecule has 1 aliphatic heterocycles. The molecule has 0 amide bonds. The van der Waals surface area contributed by atoms with Gasteiger partial charge in [0.1, 0.15) is 0 Å². The molecule has 2 heterocycles. The van der Waals surface area contributed by atoms with Crippen LogP contribution in [0.2, 0.25) is 0 Å². The van der Waals surface area contributed by atoms with Crippen LogP contribution in [0.3, 0.4) is 0 Å².